The highest BCUT2D eigenvalue weighted by molar-refractivity contribution is 9.09. The Bertz CT molecular complexity index is 704. The molecule has 0 bridgehead atoms. The molecule has 0 radical (unpaired) electrons. The molecule has 1 aliphatic carbocycles. The number of nitrogens with one attached hydrogen (secondary N) is 2. The molecule has 160 valence electrons. The maximum absolute atomic E-state index is 10.8. The first-order valence-corrected chi connectivity index (χ1v) is 12.0. The molecule has 1 fully saturated rings. The molecule has 3 rings (SSSR count). The molecule has 2 heterocycles. The summed E-state index contributed by atoms with van der Waals surface area (Å²) in [7, 11) is 0. The van der Waals surface area contributed by atoms with Gasteiger partial charge < -0.3 is 20.6 Å². The van der Waals surface area contributed by atoms with E-state index >= 15 is 0 Å². The van der Waals surface area contributed by atoms with E-state index < -0.39 is 0 Å². The Morgan fingerprint density at radius 2 is 2.24 bits per heavy atom. The highest BCUT2D eigenvalue weighted by Crippen LogP contribution is 2.28. The monoisotopic (exact) mass is 464 g/mol. The third-order valence-electron chi connectivity index (χ3n) is 5.77. The second-order valence-electron chi connectivity index (χ2n) is 8.04. The highest BCUT2D eigenvalue weighted by atomic mass is 79.9. The van der Waals surface area contributed by atoms with Crippen LogP contribution in [0.3, 0.4) is 0 Å². The van der Waals surface area contributed by atoms with Crippen LogP contribution in [0.2, 0.25) is 0 Å². The van der Waals surface area contributed by atoms with Crippen LogP contribution in [0.5, 0.6) is 0 Å². The van der Waals surface area contributed by atoms with Crippen LogP contribution in [-0.4, -0.2) is 64.5 Å². The Kier molecular flexibility index (Phi) is 8.99. The average Bonchev–Trinajstić information content (AvgIpc) is 3.59. The lowest BCUT2D eigenvalue weighted by atomic mass is 10.1. The molecule has 29 heavy (non-hydrogen) atoms. The molecule has 1 aliphatic heterocycles. The molecule has 0 saturated heterocycles. The first kappa shape index (κ1) is 22.3. The quantitative estimate of drug-likeness (QED) is 0.180. The van der Waals surface area contributed by atoms with Crippen LogP contribution in [0.1, 0.15) is 49.8 Å². The van der Waals surface area contributed by atoms with Crippen molar-refractivity contribution in [1.82, 2.24) is 15.2 Å². The Morgan fingerprint density at radius 3 is 3.00 bits per heavy atom. The number of aromatic nitrogens is 1. The Morgan fingerprint density at radius 1 is 1.38 bits per heavy atom. The van der Waals surface area contributed by atoms with Crippen LogP contribution in [0.15, 0.2) is 17.9 Å². The molecule has 2 aliphatic rings. The van der Waals surface area contributed by atoms with Crippen LogP contribution in [-0.2, 0) is 17.6 Å². The number of carbonyl (C=O) groups excluding carboxylic acids is 1. The van der Waals surface area contributed by atoms with Gasteiger partial charge in [0.2, 0.25) is 0 Å². The summed E-state index contributed by atoms with van der Waals surface area (Å²) < 4.78 is 0. The summed E-state index contributed by atoms with van der Waals surface area (Å²) in [5, 5.41) is 17.2. The van der Waals surface area contributed by atoms with Gasteiger partial charge in [-0.25, -0.2) is 9.78 Å². The zero-order valence-corrected chi connectivity index (χ0v) is 18.7. The minimum Gasteiger partial charge on any atom is -0.501 e. The molecule has 7 heteroatoms. The summed E-state index contributed by atoms with van der Waals surface area (Å²) in [5.41, 5.74) is 2.52. The fourth-order valence-corrected chi connectivity index (χ4v) is 4.20. The van der Waals surface area contributed by atoms with Crippen LogP contribution >= 0.6 is 15.9 Å². The van der Waals surface area contributed by atoms with Gasteiger partial charge in [0.1, 0.15) is 5.82 Å². The van der Waals surface area contributed by atoms with E-state index in [4.69, 9.17) is 4.98 Å². The molecule has 0 aromatic carbocycles. The van der Waals surface area contributed by atoms with Gasteiger partial charge in [0.15, 0.2) is 11.7 Å². The lowest BCUT2D eigenvalue weighted by Crippen LogP contribution is -2.38. The summed E-state index contributed by atoms with van der Waals surface area (Å²) in [5.74, 6) is 2.52. The fraction of sp³-hybridized carbons (Fsp3) is 0.682. The van der Waals surface area contributed by atoms with Crippen molar-refractivity contribution in [2.24, 2.45) is 0 Å². The van der Waals surface area contributed by atoms with E-state index in [9.17, 15) is 9.90 Å². The number of rotatable bonds is 13. The third-order valence-corrected chi connectivity index (χ3v) is 6.16. The summed E-state index contributed by atoms with van der Waals surface area (Å²) in [4.78, 5) is 18.2. The van der Waals surface area contributed by atoms with Gasteiger partial charge in [-0.15, -0.1) is 0 Å². The second-order valence-corrected chi connectivity index (χ2v) is 8.83. The van der Waals surface area contributed by atoms with Gasteiger partial charge in [-0.05, 0) is 69.5 Å². The van der Waals surface area contributed by atoms with Crippen molar-refractivity contribution >= 4 is 27.7 Å². The third kappa shape index (κ3) is 7.10. The van der Waals surface area contributed by atoms with Crippen molar-refractivity contribution in [1.29, 1.82) is 0 Å². The predicted octanol–water partition coefficient (Wildman–Crippen LogP) is 3.24. The fourth-order valence-electron chi connectivity index (χ4n) is 3.98. The van der Waals surface area contributed by atoms with Gasteiger partial charge >= 0.3 is 0 Å². The van der Waals surface area contributed by atoms with Crippen molar-refractivity contribution < 1.29 is 9.90 Å². The number of alkyl halides is 1. The van der Waals surface area contributed by atoms with Crippen molar-refractivity contribution in [3.63, 3.8) is 0 Å². The van der Waals surface area contributed by atoms with E-state index in [1.165, 1.54) is 30.5 Å². The van der Waals surface area contributed by atoms with Crippen molar-refractivity contribution in [3.8, 4) is 0 Å². The van der Waals surface area contributed by atoms with E-state index in [-0.39, 0.29) is 11.8 Å². The number of anilines is 1. The maximum Gasteiger partial charge on any atom is 0.194 e. The van der Waals surface area contributed by atoms with Crippen LogP contribution in [0.4, 0.5) is 5.82 Å². The first-order valence-electron chi connectivity index (χ1n) is 10.9. The summed E-state index contributed by atoms with van der Waals surface area (Å²) in [6.45, 7) is 3.69. The van der Waals surface area contributed by atoms with Crippen molar-refractivity contribution in [3.05, 3.63) is 29.1 Å². The number of fused-ring (bicyclic) bond motifs is 1. The largest absolute Gasteiger partial charge is 0.501 e. The first-order chi connectivity index (χ1) is 14.2. The van der Waals surface area contributed by atoms with E-state index in [1.54, 1.807) is 5.94 Å². The molecule has 0 spiro atoms. The normalized spacial score (nSPS) is 16.8. The lowest BCUT2D eigenvalue weighted by Gasteiger charge is -2.25. The average molecular weight is 465 g/mol. The molecular weight excluding hydrogens is 432 g/mol. The number of aliphatic hydroxyl groups is 1. The van der Waals surface area contributed by atoms with Gasteiger partial charge in [-0.2, -0.15) is 0 Å². The highest BCUT2D eigenvalue weighted by Gasteiger charge is 2.29. The van der Waals surface area contributed by atoms with Gasteiger partial charge in [0, 0.05) is 36.7 Å². The summed E-state index contributed by atoms with van der Waals surface area (Å²) >= 11 is 3.37. The molecule has 1 saturated carbocycles. The topological polar surface area (TPSA) is 77.5 Å². The lowest BCUT2D eigenvalue weighted by molar-refractivity contribution is 0.234. The number of aliphatic hydroxyl groups excluding tert-OH is 1. The summed E-state index contributed by atoms with van der Waals surface area (Å²) in [6, 6.07) is 4.77. The molecule has 1 aromatic rings. The molecule has 0 amide bonds. The van der Waals surface area contributed by atoms with E-state index in [0.29, 0.717) is 12.6 Å². The minimum atomic E-state index is -0.307. The standard InChI is InChI=1S/C22H33BrN4O2/c23-11-13-24-20(21(29)16-28)10-15-27(19-8-9-19)14-2-1-5-18-7-6-17-4-3-12-25-22(17)26-18/h6-7,19-20,24,29H,1-5,8-15H2,(H,25,26). The number of pyridine rings is 1. The number of unbranched alkanes of at least 4 members (excludes halogenated alkanes) is 1. The molecule has 6 nitrogen and oxygen atoms in total. The number of nitrogens with zero attached hydrogens (tertiary/aromatic N) is 2. The van der Waals surface area contributed by atoms with Crippen LogP contribution in [0.25, 0.3) is 0 Å². The predicted molar refractivity (Wildman–Crippen MR) is 121 cm³/mol. The molecule has 1 atom stereocenters. The van der Waals surface area contributed by atoms with E-state index in [0.717, 1.165) is 62.9 Å². The number of hydrogen-bond acceptors (Lipinski definition) is 6. The SMILES string of the molecule is O=C=C(O)C(CCN(CCCCc1ccc2c(n1)NCCC2)C1CC1)NCCBr. The molecule has 3 N–H and O–H groups in total. The minimum absolute atomic E-state index is 0.214. The van der Waals surface area contributed by atoms with Crippen LogP contribution in [0, 0.1) is 0 Å². The van der Waals surface area contributed by atoms with Gasteiger partial charge in [-0.3, -0.25) is 0 Å². The zero-order valence-electron chi connectivity index (χ0n) is 17.1. The summed E-state index contributed by atoms with van der Waals surface area (Å²) in [6.07, 6.45) is 8.84. The van der Waals surface area contributed by atoms with E-state index in [2.05, 4.69) is 43.6 Å². The molecule has 1 unspecified atom stereocenters. The smallest absolute Gasteiger partial charge is 0.194 e. The van der Waals surface area contributed by atoms with Crippen molar-refractivity contribution in [2.45, 2.75) is 63.5 Å². The Labute approximate surface area is 182 Å². The van der Waals surface area contributed by atoms with Crippen molar-refractivity contribution in [2.75, 3.05) is 36.8 Å². The number of aryl methyl sites for hydroxylation is 2. The molecular formula is C22H33BrN4O2. The number of hydrogen-bond donors (Lipinski definition) is 3. The Hall–Kier alpha value is -1.40. The molecule has 1 aromatic heterocycles. The van der Waals surface area contributed by atoms with E-state index in [1.807, 2.05) is 0 Å². The van der Waals surface area contributed by atoms with Crippen LogP contribution < -0.4 is 10.6 Å². The Balaban J connectivity index is 1.42. The maximum atomic E-state index is 10.8. The zero-order chi connectivity index (χ0) is 20.5. The van der Waals surface area contributed by atoms with Gasteiger partial charge in [0.05, 0.1) is 6.04 Å². The number of halogens is 1. The second kappa shape index (κ2) is 11.7. The van der Waals surface area contributed by atoms with Gasteiger partial charge in [-0.1, -0.05) is 22.0 Å². The van der Waals surface area contributed by atoms with Gasteiger partial charge in [0.25, 0.3) is 0 Å².